The molecule has 2 N–H and O–H groups in total. The molecule has 0 saturated heterocycles. The number of nitrogens with two attached hydrogens (primary N) is 1. The lowest BCUT2D eigenvalue weighted by molar-refractivity contribution is 0.347. The monoisotopic (exact) mass is 281 g/mol. The summed E-state index contributed by atoms with van der Waals surface area (Å²) in [5, 5.41) is 0. The first-order valence-corrected chi connectivity index (χ1v) is 6.64. The second-order valence-electron chi connectivity index (χ2n) is 4.98. The molecule has 1 unspecified atom stereocenters. The summed E-state index contributed by atoms with van der Waals surface area (Å²) in [5.74, 6) is 1.11. The summed E-state index contributed by atoms with van der Waals surface area (Å²) in [6, 6.07) is 4.57. The molecule has 0 aromatic heterocycles. The van der Waals surface area contributed by atoms with Crippen molar-refractivity contribution in [3.8, 4) is 5.75 Å². The topological polar surface area (TPSA) is 35.2 Å². The molecule has 2 aliphatic rings. The minimum atomic E-state index is 0.179. The zero-order chi connectivity index (χ0) is 11.3. The van der Waals surface area contributed by atoms with Crippen LogP contribution in [0.1, 0.15) is 30.9 Å². The van der Waals surface area contributed by atoms with Gasteiger partial charge in [0.25, 0.3) is 0 Å². The van der Waals surface area contributed by atoms with Crippen LogP contribution in [-0.2, 0) is 11.8 Å². The van der Waals surface area contributed by atoms with Gasteiger partial charge in [0.05, 0.1) is 6.61 Å². The molecule has 3 rings (SSSR count). The Balaban J connectivity index is 2.14. The summed E-state index contributed by atoms with van der Waals surface area (Å²) in [4.78, 5) is 0. The van der Waals surface area contributed by atoms with Crippen molar-refractivity contribution in [1.82, 2.24) is 0 Å². The third-order valence-electron chi connectivity index (χ3n) is 3.95. The third-order valence-corrected chi connectivity index (χ3v) is 4.40. The van der Waals surface area contributed by atoms with Gasteiger partial charge in [0.1, 0.15) is 5.75 Å². The summed E-state index contributed by atoms with van der Waals surface area (Å²) in [7, 11) is 0. The van der Waals surface area contributed by atoms with Crippen molar-refractivity contribution >= 4 is 15.9 Å². The second kappa shape index (κ2) is 3.47. The summed E-state index contributed by atoms with van der Waals surface area (Å²) < 4.78 is 6.94. The van der Waals surface area contributed by atoms with Gasteiger partial charge in [0.2, 0.25) is 0 Å². The maximum Gasteiger partial charge on any atom is 0.126 e. The fourth-order valence-corrected chi connectivity index (χ4v) is 3.25. The number of fused-ring (bicyclic) bond motifs is 1. The Bertz CT molecular complexity index is 438. The van der Waals surface area contributed by atoms with Crippen molar-refractivity contribution in [2.75, 3.05) is 6.61 Å². The molecule has 16 heavy (non-hydrogen) atoms. The molecule has 1 fully saturated rings. The van der Waals surface area contributed by atoms with Crippen molar-refractivity contribution < 1.29 is 4.74 Å². The summed E-state index contributed by atoms with van der Waals surface area (Å²) in [6.45, 7) is 2.92. The van der Waals surface area contributed by atoms with Crippen molar-refractivity contribution in [2.24, 2.45) is 5.73 Å². The number of hydrogen-bond acceptors (Lipinski definition) is 2. The maximum atomic E-state index is 6.14. The Labute approximate surface area is 104 Å². The van der Waals surface area contributed by atoms with Crippen LogP contribution in [0.15, 0.2) is 16.6 Å². The van der Waals surface area contributed by atoms with Gasteiger partial charge >= 0.3 is 0 Å². The highest BCUT2D eigenvalue weighted by atomic mass is 79.9. The Hall–Kier alpha value is -0.540. The van der Waals surface area contributed by atoms with Gasteiger partial charge in [-0.25, -0.2) is 0 Å². The first-order valence-electron chi connectivity index (χ1n) is 5.85. The van der Waals surface area contributed by atoms with Crippen LogP contribution >= 0.6 is 15.9 Å². The van der Waals surface area contributed by atoms with Gasteiger partial charge in [-0.1, -0.05) is 15.9 Å². The van der Waals surface area contributed by atoms with E-state index in [1.54, 1.807) is 0 Å². The molecule has 2 nitrogen and oxygen atoms in total. The van der Waals surface area contributed by atoms with Gasteiger partial charge in [0, 0.05) is 27.9 Å². The Morgan fingerprint density at radius 2 is 2.19 bits per heavy atom. The minimum absolute atomic E-state index is 0.179. The van der Waals surface area contributed by atoms with Crippen LogP contribution in [0, 0.1) is 0 Å². The molecule has 0 spiro atoms. The van der Waals surface area contributed by atoms with Gasteiger partial charge in [-0.15, -0.1) is 0 Å². The molecule has 1 aliphatic heterocycles. The predicted octanol–water partition coefficient (Wildman–Crippen LogP) is 2.76. The van der Waals surface area contributed by atoms with Gasteiger partial charge in [-0.3, -0.25) is 0 Å². The smallest absolute Gasteiger partial charge is 0.126 e. The average Bonchev–Trinajstić information content (AvgIpc) is 2.91. The van der Waals surface area contributed by atoms with E-state index in [2.05, 4.69) is 35.0 Å². The van der Waals surface area contributed by atoms with E-state index >= 15 is 0 Å². The normalized spacial score (nSPS) is 22.4. The van der Waals surface area contributed by atoms with Gasteiger partial charge in [0.15, 0.2) is 0 Å². The average molecular weight is 282 g/mol. The first kappa shape index (κ1) is 10.6. The molecule has 1 heterocycles. The zero-order valence-electron chi connectivity index (χ0n) is 9.42. The van der Waals surface area contributed by atoms with Crippen molar-refractivity contribution in [1.29, 1.82) is 0 Å². The predicted molar refractivity (Wildman–Crippen MR) is 67.9 cm³/mol. The van der Waals surface area contributed by atoms with E-state index < -0.39 is 0 Å². The fraction of sp³-hybridized carbons (Fsp3) is 0.538. The van der Waals surface area contributed by atoms with Gasteiger partial charge in [-0.05, 0) is 37.5 Å². The highest BCUT2D eigenvalue weighted by Crippen LogP contribution is 2.55. The summed E-state index contributed by atoms with van der Waals surface area (Å²) >= 11 is 3.59. The van der Waals surface area contributed by atoms with Crippen LogP contribution in [-0.4, -0.2) is 12.6 Å². The SMILES string of the molecule is CC(N)C1(c2cc(Br)cc3c2OCC3)CC1. The Morgan fingerprint density at radius 1 is 1.44 bits per heavy atom. The molecule has 0 amide bonds. The molecule has 1 atom stereocenters. The quantitative estimate of drug-likeness (QED) is 0.905. The van der Waals surface area contributed by atoms with Crippen molar-refractivity contribution in [3.63, 3.8) is 0 Å². The zero-order valence-corrected chi connectivity index (χ0v) is 11.0. The molecular weight excluding hydrogens is 266 g/mol. The van der Waals surface area contributed by atoms with Crippen molar-refractivity contribution in [2.45, 2.75) is 37.6 Å². The Kier molecular flexibility index (Phi) is 2.30. The minimum Gasteiger partial charge on any atom is -0.493 e. The van der Waals surface area contributed by atoms with Crippen LogP contribution < -0.4 is 10.5 Å². The van der Waals surface area contributed by atoms with Crippen molar-refractivity contribution in [3.05, 3.63) is 27.7 Å². The number of rotatable bonds is 2. The maximum absolute atomic E-state index is 6.14. The fourth-order valence-electron chi connectivity index (χ4n) is 2.74. The lowest BCUT2D eigenvalue weighted by atomic mass is 9.87. The summed E-state index contributed by atoms with van der Waals surface area (Å²) in [6.07, 6.45) is 3.41. The highest BCUT2D eigenvalue weighted by Gasteiger charge is 2.50. The largest absolute Gasteiger partial charge is 0.493 e. The number of benzene rings is 1. The molecular formula is C13H16BrNO. The third kappa shape index (κ3) is 1.41. The first-order chi connectivity index (χ1) is 7.63. The van der Waals surface area contributed by atoms with E-state index in [9.17, 15) is 0 Å². The molecule has 0 radical (unpaired) electrons. The lowest BCUT2D eigenvalue weighted by Gasteiger charge is -2.22. The number of halogens is 1. The molecule has 1 aliphatic carbocycles. The van der Waals surface area contributed by atoms with E-state index in [1.165, 1.54) is 24.0 Å². The molecule has 1 aromatic rings. The Morgan fingerprint density at radius 3 is 2.81 bits per heavy atom. The van der Waals surface area contributed by atoms with E-state index in [0.29, 0.717) is 0 Å². The number of ether oxygens (including phenoxy) is 1. The second-order valence-corrected chi connectivity index (χ2v) is 5.90. The molecule has 1 saturated carbocycles. The highest BCUT2D eigenvalue weighted by molar-refractivity contribution is 9.10. The number of hydrogen-bond donors (Lipinski definition) is 1. The van der Waals surface area contributed by atoms with Gasteiger partial charge in [-0.2, -0.15) is 0 Å². The summed E-state index contributed by atoms with van der Waals surface area (Å²) in [5.41, 5.74) is 8.97. The molecule has 0 bridgehead atoms. The molecule has 1 aromatic carbocycles. The van der Waals surface area contributed by atoms with Crippen LogP contribution in [0.3, 0.4) is 0 Å². The van der Waals surface area contributed by atoms with E-state index in [1.807, 2.05) is 0 Å². The van der Waals surface area contributed by atoms with Crippen LogP contribution in [0.4, 0.5) is 0 Å². The van der Waals surface area contributed by atoms with Crippen LogP contribution in [0.5, 0.6) is 5.75 Å². The van der Waals surface area contributed by atoms with Crippen LogP contribution in [0.2, 0.25) is 0 Å². The lowest BCUT2D eigenvalue weighted by Crippen LogP contribution is -2.31. The van der Waals surface area contributed by atoms with E-state index in [0.717, 1.165) is 23.2 Å². The standard InChI is InChI=1S/C13H16BrNO/c1-8(15)13(3-4-13)11-7-10(14)6-9-2-5-16-12(9)11/h6-8H,2-5,15H2,1H3. The van der Waals surface area contributed by atoms with E-state index in [4.69, 9.17) is 10.5 Å². The van der Waals surface area contributed by atoms with E-state index in [-0.39, 0.29) is 11.5 Å². The molecule has 3 heteroatoms. The molecule has 86 valence electrons. The van der Waals surface area contributed by atoms with Gasteiger partial charge < -0.3 is 10.5 Å². The van der Waals surface area contributed by atoms with Crippen LogP contribution in [0.25, 0.3) is 0 Å².